The van der Waals surface area contributed by atoms with Gasteiger partial charge in [0.15, 0.2) is 0 Å². The molecule has 0 aliphatic rings. The second-order valence-electron chi connectivity index (χ2n) is 5.45. The Morgan fingerprint density at radius 2 is 1.64 bits per heavy atom. The highest BCUT2D eigenvalue weighted by Gasteiger charge is 2.14. The average Bonchev–Trinajstić information content (AvgIpc) is 2.62. The number of benzene rings is 3. The molecule has 0 saturated heterocycles. The van der Waals surface area contributed by atoms with Gasteiger partial charge in [-0.3, -0.25) is 4.79 Å². The van der Waals surface area contributed by atoms with E-state index < -0.39 is 18.4 Å². The predicted octanol–water partition coefficient (Wildman–Crippen LogP) is 5.35. The van der Waals surface area contributed by atoms with Gasteiger partial charge >= 0.3 is 0 Å². The number of para-hydroxylation sites is 1. The van der Waals surface area contributed by atoms with Crippen LogP contribution in [0.3, 0.4) is 0 Å². The molecule has 3 rings (SSSR count). The fraction of sp³-hybridized carbons (Fsp3) is 0.0500. The smallest absolute Gasteiger partial charge is 0.258 e. The maximum absolute atomic E-state index is 14.0. The van der Waals surface area contributed by atoms with Crippen molar-refractivity contribution in [2.75, 3.05) is 5.32 Å². The Labute approximate surface area is 142 Å². The SMILES string of the molecule is O=C(Nc1ccccc1-c1ccc(F)cc1)c1ccc(CF)cc1F. The monoisotopic (exact) mass is 341 g/mol. The highest BCUT2D eigenvalue weighted by Crippen LogP contribution is 2.28. The van der Waals surface area contributed by atoms with Gasteiger partial charge in [0.25, 0.3) is 5.91 Å². The third kappa shape index (κ3) is 3.71. The number of nitrogens with one attached hydrogen (secondary N) is 1. The van der Waals surface area contributed by atoms with E-state index in [1.807, 2.05) is 0 Å². The third-order valence-electron chi connectivity index (χ3n) is 3.76. The molecular weight excluding hydrogens is 327 g/mol. The fourth-order valence-corrected chi connectivity index (χ4v) is 2.49. The predicted molar refractivity (Wildman–Crippen MR) is 91.0 cm³/mol. The molecule has 126 valence electrons. The number of hydrogen-bond donors (Lipinski definition) is 1. The standard InChI is InChI=1S/C20H14F3NO/c21-12-13-5-10-17(18(23)11-13)20(25)24-19-4-2-1-3-16(19)14-6-8-15(22)9-7-14/h1-11H,12H2,(H,24,25). The summed E-state index contributed by atoms with van der Waals surface area (Å²) in [6, 6.07) is 16.4. The molecule has 0 aliphatic heterocycles. The zero-order valence-corrected chi connectivity index (χ0v) is 13.1. The van der Waals surface area contributed by atoms with Crippen LogP contribution in [0.2, 0.25) is 0 Å². The molecule has 3 aromatic carbocycles. The van der Waals surface area contributed by atoms with Crippen LogP contribution in [0.4, 0.5) is 18.9 Å². The second kappa shape index (κ2) is 7.21. The van der Waals surface area contributed by atoms with E-state index in [0.717, 1.165) is 6.07 Å². The molecule has 1 amide bonds. The Kier molecular flexibility index (Phi) is 4.84. The molecule has 0 fully saturated rings. The van der Waals surface area contributed by atoms with Gasteiger partial charge in [-0.2, -0.15) is 0 Å². The topological polar surface area (TPSA) is 29.1 Å². The summed E-state index contributed by atoms with van der Waals surface area (Å²) >= 11 is 0. The zero-order chi connectivity index (χ0) is 17.8. The van der Waals surface area contributed by atoms with Crippen LogP contribution in [-0.2, 0) is 6.67 Å². The maximum atomic E-state index is 14.0. The van der Waals surface area contributed by atoms with Crippen molar-refractivity contribution in [3.05, 3.63) is 89.5 Å². The number of alkyl halides is 1. The summed E-state index contributed by atoms with van der Waals surface area (Å²) in [6.45, 7) is -0.799. The number of rotatable bonds is 4. The lowest BCUT2D eigenvalue weighted by Crippen LogP contribution is -2.14. The minimum atomic E-state index is -0.799. The van der Waals surface area contributed by atoms with Crippen LogP contribution in [0, 0.1) is 11.6 Å². The lowest BCUT2D eigenvalue weighted by molar-refractivity contribution is 0.102. The molecule has 5 heteroatoms. The number of anilines is 1. The number of carbonyl (C=O) groups excluding carboxylic acids is 1. The molecule has 2 nitrogen and oxygen atoms in total. The molecule has 0 aromatic heterocycles. The molecule has 25 heavy (non-hydrogen) atoms. The Balaban J connectivity index is 1.91. The summed E-state index contributed by atoms with van der Waals surface area (Å²) in [6.07, 6.45) is 0. The van der Waals surface area contributed by atoms with Gasteiger partial charge in [0, 0.05) is 11.3 Å². The minimum Gasteiger partial charge on any atom is -0.321 e. The van der Waals surface area contributed by atoms with Gasteiger partial charge in [0.1, 0.15) is 18.3 Å². The molecule has 1 N–H and O–H groups in total. The first-order valence-electron chi connectivity index (χ1n) is 7.59. The van der Waals surface area contributed by atoms with Crippen molar-refractivity contribution in [2.24, 2.45) is 0 Å². The van der Waals surface area contributed by atoms with Gasteiger partial charge in [-0.15, -0.1) is 0 Å². The lowest BCUT2D eigenvalue weighted by atomic mass is 10.0. The van der Waals surface area contributed by atoms with Gasteiger partial charge < -0.3 is 5.32 Å². The van der Waals surface area contributed by atoms with E-state index >= 15 is 0 Å². The van der Waals surface area contributed by atoms with Gasteiger partial charge in [-0.1, -0.05) is 36.4 Å². The Hall–Kier alpha value is -3.08. The molecular formula is C20H14F3NO. The van der Waals surface area contributed by atoms with E-state index in [9.17, 15) is 18.0 Å². The number of hydrogen-bond acceptors (Lipinski definition) is 1. The Bertz CT molecular complexity index is 907. The Morgan fingerprint density at radius 3 is 2.32 bits per heavy atom. The summed E-state index contributed by atoms with van der Waals surface area (Å²) in [7, 11) is 0. The normalized spacial score (nSPS) is 10.5. The molecule has 0 spiro atoms. The van der Waals surface area contributed by atoms with Crippen molar-refractivity contribution in [3.8, 4) is 11.1 Å². The van der Waals surface area contributed by atoms with Gasteiger partial charge in [0.2, 0.25) is 0 Å². The molecule has 0 bridgehead atoms. The minimum absolute atomic E-state index is 0.167. The van der Waals surface area contributed by atoms with Gasteiger partial charge in [-0.25, -0.2) is 13.2 Å². The van der Waals surface area contributed by atoms with E-state index in [1.54, 1.807) is 36.4 Å². The quantitative estimate of drug-likeness (QED) is 0.681. The summed E-state index contributed by atoms with van der Waals surface area (Å²) in [5, 5.41) is 2.65. The summed E-state index contributed by atoms with van der Waals surface area (Å²) in [5.74, 6) is -1.79. The van der Waals surface area contributed by atoms with Crippen LogP contribution >= 0.6 is 0 Å². The van der Waals surface area contributed by atoms with E-state index in [2.05, 4.69) is 5.32 Å². The maximum Gasteiger partial charge on any atom is 0.258 e. The van der Waals surface area contributed by atoms with E-state index in [1.165, 1.54) is 24.3 Å². The first-order chi connectivity index (χ1) is 12.1. The third-order valence-corrected chi connectivity index (χ3v) is 3.76. The van der Waals surface area contributed by atoms with Crippen LogP contribution in [0.5, 0.6) is 0 Å². The summed E-state index contributed by atoms with van der Waals surface area (Å²) in [4.78, 5) is 12.4. The summed E-state index contributed by atoms with van der Waals surface area (Å²) < 4.78 is 39.7. The average molecular weight is 341 g/mol. The first kappa shape index (κ1) is 16.8. The first-order valence-corrected chi connectivity index (χ1v) is 7.59. The highest BCUT2D eigenvalue weighted by molar-refractivity contribution is 6.06. The Morgan fingerprint density at radius 1 is 0.920 bits per heavy atom. The second-order valence-corrected chi connectivity index (χ2v) is 5.45. The molecule has 0 atom stereocenters. The van der Waals surface area contributed by atoms with E-state index in [0.29, 0.717) is 16.8 Å². The molecule has 0 saturated carbocycles. The van der Waals surface area contributed by atoms with E-state index in [4.69, 9.17) is 0 Å². The van der Waals surface area contributed by atoms with Crippen LogP contribution in [0.1, 0.15) is 15.9 Å². The van der Waals surface area contributed by atoms with Crippen molar-refractivity contribution in [1.29, 1.82) is 0 Å². The lowest BCUT2D eigenvalue weighted by Gasteiger charge is -2.12. The molecule has 3 aromatic rings. The van der Waals surface area contributed by atoms with Crippen LogP contribution in [0.25, 0.3) is 11.1 Å². The molecule has 0 radical (unpaired) electrons. The van der Waals surface area contributed by atoms with Gasteiger partial charge in [0.05, 0.1) is 5.56 Å². The van der Waals surface area contributed by atoms with Crippen LogP contribution < -0.4 is 5.32 Å². The highest BCUT2D eigenvalue weighted by atomic mass is 19.1. The van der Waals surface area contributed by atoms with Crippen LogP contribution in [0.15, 0.2) is 66.7 Å². The van der Waals surface area contributed by atoms with Gasteiger partial charge in [-0.05, 0) is 41.5 Å². The van der Waals surface area contributed by atoms with Crippen molar-refractivity contribution >= 4 is 11.6 Å². The van der Waals surface area contributed by atoms with E-state index in [-0.39, 0.29) is 16.9 Å². The summed E-state index contributed by atoms with van der Waals surface area (Å²) in [5.41, 5.74) is 1.85. The molecule has 0 aliphatic carbocycles. The van der Waals surface area contributed by atoms with Crippen LogP contribution in [-0.4, -0.2) is 5.91 Å². The van der Waals surface area contributed by atoms with Crippen molar-refractivity contribution in [1.82, 2.24) is 0 Å². The zero-order valence-electron chi connectivity index (χ0n) is 13.1. The molecule has 0 unspecified atom stereocenters. The molecule has 0 heterocycles. The fourth-order valence-electron chi connectivity index (χ4n) is 2.49. The largest absolute Gasteiger partial charge is 0.321 e. The number of halogens is 3. The van der Waals surface area contributed by atoms with Crippen molar-refractivity contribution in [2.45, 2.75) is 6.67 Å². The number of carbonyl (C=O) groups is 1. The van der Waals surface area contributed by atoms with Crippen molar-refractivity contribution < 1.29 is 18.0 Å². The number of amides is 1. The van der Waals surface area contributed by atoms with Crippen molar-refractivity contribution in [3.63, 3.8) is 0 Å².